The van der Waals surface area contributed by atoms with Crippen LogP contribution in [-0.4, -0.2) is 45.1 Å². The van der Waals surface area contributed by atoms with Gasteiger partial charge in [0.05, 0.1) is 18.8 Å². The molecule has 19 heavy (non-hydrogen) atoms. The van der Waals surface area contributed by atoms with Crippen LogP contribution in [0.2, 0.25) is 0 Å². The molecule has 1 aromatic heterocycles. The van der Waals surface area contributed by atoms with Crippen LogP contribution in [0.25, 0.3) is 0 Å². The molecule has 1 amide bonds. The number of rotatable bonds is 7. The Morgan fingerprint density at radius 2 is 2.26 bits per heavy atom. The van der Waals surface area contributed by atoms with Gasteiger partial charge in [-0.25, -0.2) is 9.48 Å². The van der Waals surface area contributed by atoms with Crippen molar-refractivity contribution >= 4 is 11.9 Å². The zero-order valence-electron chi connectivity index (χ0n) is 10.6. The monoisotopic (exact) mass is 268 g/mol. The summed E-state index contributed by atoms with van der Waals surface area (Å²) in [6, 6.07) is 0.316. The van der Waals surface area contributed by atoms with Crippen molar-refractivity contribution in [3.05, 3.63) is 11.4 Å². The lowest BCUT2D eigenvalue weighted by Gasteiger charge is -2.06. The number of nitrogens with zero attached hydrogens (tertiary/aromatic N) is 3. The Morgan fingerprint density at radius 1 is 1.53 bits per heavy atom. The van der Waals surface area contributed by atoms with Gasteiger partial charge in [0.1, 0.15) is 0 Å². The van der Waals surface area contributed by atoms with E-state index >= 15 is 0 Å². The Kier molecular flexibility index (Phi) is 4.10. The standard InChI is InChI=1S/C11H16N4O4/c1-19-6-8-10(11(17)18)13-14-15(8)5-4-9(16)12-7-2-3-7/h7H,2-6H2,1H3,(H,12,16)(H,17,18). The SMILES string of the molecule is COCc1c(C(=O)O)nnn1CCC(=O)NC1CC1. The van der Waals surface area contributed by atoms with E-state index in [9.17, 15) is 9.59 Å². The summed E-state index contributed by atoms with van der Waals surface area (Å²) in [4.78, 5) is 22.5. The van der Waals surface area contributed by atoms with E-state index in [1.807, 2.05) is 0 Å². The number of aryl methyl sites for hydroxylation is 1. The van der Waals surface area contributed by atoms with E-state index < -0.39 is 5.97 Å². The molecular formula is C11H16N4O4. The summed E-state index contributed by atoms with van der Waals surface area (Å²) in [5.74, 6) is -1.21. The van der Waals surface area contributed by atoms with Crippen molar-refractivity contribution in [1.82, 2.24) is 20.3 Å². The molecule has 0 unspecified atom stereocenters. The minimum Gasteiger partial charge on any atom is -0.476 e. The summed E-state index contributed by atoms with van der Waals surface area (Å²) >= 11 is 0. The van der Waals surface area contributed by atoms with Crippen molar-refractivity contribution in [2.75, 3.05) is 7.11 Å². The number of amides is 1. The third-order valence-electron chi connectivity index (χ3n) is 2.81. The molecule has 1 heterocycles. The molecular weight excluding hydrogens is 252 g/mol. The van der Waals surface area contributed by atoms with Gasteiger partial charge in [0.25, 0.3) is 0 Å². The normalized spacial score (nSPS) is 14.4. The average molecular weight is 268 g/mol. The minimum absolute atomic E-state index is 0.0572. The van der Waals surface area contributed by atoms with Crippen molar-refractivity contribution in [2.24, 2.45) is 0 Å². The summed E-state index contributed by atoms with van der Waals surface area (Å²) in [6.45, 7) is 0.385. The molecule has 0 atom stereocenters. The van der Waals surface area contributed by atoms with E-state index in [4.69, 9.17) is 9.84 Å². The van der Waals surface area contributed by atoms with Crippen molar-refractivity contribution in [3.63, 3.8) is 0 Å². The lowest BCUT2D eigenvalue weighted by atomic mass is 10.3. The van der Waals surface area contributed by atoms with Crippen molar-refractivity contribution in [1.29, 1.82) is 0 Å². The van der Waals surface area contributed by atoms with E-state index in [1.165, 1.54) is 11.8 Å². The van der Waals surface area contributed by atoms with Gasteiger partial charge in [-0.05, 0) is 12.8 Å². The predicted molar refractivity (Wildman–Crippen MR) is 63.5 cm³/mol. The summed E-state index contributed by atoms with van der Waals surface area (Å²) in [6.07, 6.45) is 2.32. The largest absolute Gasteiger partial charge is 0.476 e. The number of hydrogen-bond acceptors (Lipinski definition) is 5. The molecule has 0 spiro atoms. The molecule has 0 aromatic carbocycles. The van der Waals surface area contributed by atoms with Gasteiger partial charge in [0.2, 0.25) is 5.91 Å². The number of carbonyl (C=O) groups excluding carboxylic acids is 1. The van der Waals surface area contributed by atoms with Crippen LogP contribution in [0.15, 0.2) is 0 Å². The molecule has 0 bridgehead atoms. The van der Waals surface area contributed by atoms with E-state index in [1.54, 1.807) is 0 Å². The highest BCUT2D eigenvalue weighted by Gasteiger charge is 2.23. The molecule has 1 aliphatic rings. The fourth-order valence-electron chi connectivity index (χ4n) is 1.69. The number of carboxylic acid groups (broad SMARTS) is 1. The van der Waals surface area contributed by atoms with E-state index in [-0.39, 0.29) is 31.2 Å². The molecule has 1 saturated carbocycles. The van der Waals surface area contributed by atoms with Gasteiger partial charge in [-0.3, -0.25) is 4.79 Å². The van der Waals surface area contributed by atoms with Crippen LogP contribution in [0, 0.1) is 0 Å². The molecule has 1 aliphatic carbocycles. The van der Waals surface area contributed by atoms with Crippen LogP contribution < -0.4 is 5.32 Å². The number of aromatic carboxylic acids is 1. The number of nitrogens with one attached hydrogen (secondary N) is 1. The van der Waals surface area contributed by atoms with Gasteiger partial charge in [-0.15, -0.1) is 5.10 Å². The molecule has 1 fully saturated rings. The first-order valence-electron chi connectivity index (χ1n) is 6.05. The van der Waals surface area contributed by atoms with Crippen molar-refractivity contribution < 1.29 is 19.4 Å². The Morgan fingerprint density at radius 3 is 2.84 bits per heavy atom. The smallest absolute Gasteiger partial charge is 0.358 e. The Balaban J connectivity index is 1.98. The predicted octanol–water partition coefficient (Wildman–Crippen LogP) is -0.209. The summed E-state index contributed by atoms with van der Waals surface area (Å²) < 4.78 is 6.34. The first-order valence-corrected chi connectivity index (χ1v) is 6.05. The molecule has 0 radical (unpaired) electrons. The summed E-state index contributed by atoms with van der Waals surface area (Å²) in [7, 11) is 1.46. The third kappa shape index (κ3) is 3.50. The second-order valence-corrected chi connectivity index (χ2v) is 4.44. The maximum Gasteiger partial charge on any atom is 0.358 e. The highest BCUT2D eigenvalue weighted by molar-refractivity contribution is 5.86. The van der Waals surface area contributed by atoms with E-state index in [0.717, 1.165) is 12.8 Å². The molecule has 8 heteroatoms. The zero-order valence-corrected chi connectivity index (χ0v) is 10.6. The molecule has 0 saturated heterocycles. The molecule has 0 aliphatic heterocycles. The average Bonchev–Trinajstić information content (AvgIpc) is 3.06. The highest BCUT2D eigenvalue weighted by atomic mass is 16.5. The first-order chi connectivity index (χ1) is 9.11. The van der Waals surface area contributed by atoms with Gasteiger partial charge >= 0.3 is 5.97 Å². The Bertz CT molecular complexity index is 481. The van der Waals surface area contributed by atoms with Gasteiger partial charge in [-0.2, -0.15) is 0 Å². The maximum absolute atomic E-state index is 11.6. The second kappa shape index (κ2) is 5.79. The lowest BCUT2D eigenvalue weighted by molar-refractivity contribution is -0.121. The van der Waals surface area contributed by atoms with Crippen LogP contribution in [0.4, 0.5) is 0 Å². The number of aromatic nitrogens is 3. The molecule has 2 rings (SSSR count). The van der Waals surface area contributed by atoms with Crippen LogP contribution in [0.1, 0.15) is 35.4 Å². The van der Waals surface area contributed by atoms with Crippen LogP contribution in [-0.2, 0) is 22.7 Å². The quantitative estimate of drug-likeness (QED) is 0.708. The minimum atomic E-state index is -1.15. The summed E-state index contributed by atoms with van der Waals surface area (Å²) in [5.41, 5.74) is 0.235. The Hall–Kier alpha value is -1.96. The van der Waals surface area contributed by atoms with E-state index in [2.05, 4.69) is 15.6 Å². The van der Waals surface area contributed by atoms with Gasteiger partial charge in [0, 0.05) is 19.6 Å². The number of carboxylic acids is 1. The fraction of sp³-hybridized carbons (Fsp3) is 0.636. The van der Waals surface area contributed by atoms with E-state index in [0.29, 0.717) is 11.7 Å². The Labute approximate surface area is 109 Å². The summed E-state index contributed by atoms with van der Waals surface area (Å²) in [5, 5.41) is 19.2. The highest BCUT2D eigenvalue weighted by Crippen LogP contribution is 2.18. The molecule has 2 N–H and O–H groups in total. The number of methoxy groups -OCH3 is 1. The lowest BCUT2D eigenvalue weighted by Crippen LogP contribution is -2.26. The van der Waals surface area contributed by atoms with Crippen molar-refractivity contribution in [2.45, 2.75) is 38.5 Å². The number of hydrogen-bond donors (Lipinski definition) is 2. The van der Waals surface area contributed by atoms with Gasteiger partial charge < -0.3 is 15.2 Å². The molecule has 104 valence electrons. The van der Waals surface area contributed by atoms with Gasteiger partial charge in [0.15, 0.2) is 5.69 Å². The third-order valence-corrected chi connectivity index (χ3v) is 2.81. The van der Waals surface area contributed by atoms with Crippen LogP contribution >= 0.6 is 0 Å². The van der Waals surface area contributed by atoms with Crippen molar-refractivity contribution in [3.8, 4) is 0 Å². The molecule has 1 aromatic rings. The van der Waals surface area contributed by atoms with Crippen LogP contribution in [0.3, 0.4) is 0 Å². The number of carbonyl (C=O) groups is 2. The number of ether oxygens (including phenoxy) is 1. The van der Waals surface area contributed by atoms with Crippen LogP contribution in [0.5, 0.6) is 0 Å². The van der Waals surface area contributed by atoms with Gasteiger partial charge in [-0.1, -0.05) is 5.21 Å². The second-order valence-electron chi connectivity index (χ2n) is 4.44. The zero-order chi connectivity index (χ0) is 13.8. The maximum atomic E-state index is 11.6. The molecule has 8 nitrogen and oxygen atoms in total. The fourth-order valence-corrected chi connectivity index (χ4v) is 1.69. The first kappa shape index (κ1) is 13.5. The topological polar surface area (TPSA) is 106 Å².